The third-order valence-electron chi connectivity index (χ3n) is 5.89. The van der Waals surface area contributed by atoms with E-state index in [2.05, 4.69) is 10.6 Å². The second kappa shape index (κ2) is 11.7. The molecule has 2 N–H and O–H groups in total. The van der Waals surface area contributed by atoms with Crippen LogP contribution in [0.15, 0.2) is 83.3 Å². The van der Waals surface area contributed by atoms with Crippen LogP contribution < -0.4 is 10.6 Å². The van der Waals surface area contributed by atoms with Gasteiger partial charge in [0.2, 0.25) is 5.91 Å². The van der Waals surface area contributed by atoms with Crippen molar-refractivity contribution in [3.8, 4) is 17.2 Å². The number of benzene rings is 3. The molecule has 0 saturated heterocycles. The van der Waals surface area contributed by atoms with E-state index < -0.39 is 42.0 Å². The zero-order chi connectivity index (χ0) is 27.2. The van der Waals surface area contributed by atoms with Crippen molar-refractivity contribution >= 4 is 23.4 Å². The summed E-state index contributed by atoms with van der Waals surface area (Å²) in [6, 6.07) is 19.6. The van der Waals surface area contributed by atoms with Gasteiger partial charge in [-0.1, -0.05) is 48.0 Å². The van der Waals surface area contributed by atoms with Crippen LogP contribution in [0.4, 0.5) is 8.78 Å². The maximum absolute atomic E-state index is 14.4. The molecule has 1 unspecified atom stereocenters. The molecule has 0 fully saturated rings. The molecule has 38 heavy (non-hydrogen) atoms. The highest BCUT2D eigenvalue weighted by Gasteiger charge is 2.28. The maximum Gasteiger partial charge on any atom is 0.251 e. The molecule has 0 aliphatic heterocycles. The number of nitriles is 1. The van der Waals surface area contributed by atoms with Crippen molar-refractivity contribution in [3.05, 3.63) is 118 Å². The van der Waals surface area contributed by atoms with Crippen LogP contribution in [-0.2, 0) is 11.2 Å². The summed E-state index contributed by atoms with van der Waals surface area (Å²) < 4.78 is 34.2. The van der Waals surface area contributed by atoms with Gasteiger partial charge in [-0.15, -0.1) is 0 Å². The van der Waals surface area contributed by atoms with Gasteiger partial charge >= 0.3 is 0 Å². The van der Waals surface area contributed by atoms with Crippen molar-refractivity contribution < 1.29 is 22.8 Å². The molecule has 1 aromatic heterocycles. The quantitative estimate of drug-likeness (QED) is 0.294. The van der Waals surface area contributed by atoms with Gasteiger partial charge in [0, 0.05) is 28.1 Å². The number of hydrogen-bond acceptors (Lipinski definition) is 4. The summed E-state index contributed by atoms with van der Waals surface area (Å²) >= 11 is 6.25. The highest BCUT2D eigenvalue weighted by atomic mass is 35.5. The topological polar surface area (TPSA) is 95.1 Å². The van der Waals surface area contributed by atoms with Crippen molar-refractivity contribution in [1.82, 2.24) is 10.6 Å². The minimum atomic E-state index is -1.40. The van der Waals surface area contributed by atoms with Crippen LogP contribution in [0.5, 0.6) is 0 Å². The lowest BCUT2D eigenvalue weighted by atomic mass is 10.0. The Morgan fingerprint density at radius 3 is 2.24 bits per heavy atom. The van der Waals surface area contributed by atoms with Crippen LogP contribution in [0, 0.1) is 29.9 Å². The van der Waals surface area contributed by atoms with Gasteiger partial charge in [0.15, 0.2) is 6.04 Å². The SMILES string of the molecule is Cc1ccc(C(C#N)NC(=O)[C@H](Cc2c(F)cccc2F)NC(=O)c2ccc(-c3ccccc3Cl)cc2)o1. The highest BCUT2D eigenvalue weighted by molar-refractivity contribution is 6.33. The number of amides is 2. The van der Waals surface area contributed by atoms with E-state index in [4.69, 9.17) is 16.0 Å². The van der Waals surface area contributed by atoms with Gasteiger partial charge in [-0.05, 0) is 55.0 Å². The Hall–Kier alpha value is -4.48. The molecule has 2 amide bonds. The lowest BCUT2D eigenvalue weighted by molar-refractivity contribution is -0.123. The van der Waals surface area contributed by atoms with Gasteiger partial charge in [0.1, 0.15) is 29.2 Å². The predicted octanol–water partition coefficient (Wildman–Crippen LogP) is 5.91. The zero-order valence-electron chi connectivity index (χ0n) is 20.2. The first-order chi connectivity index (χ1) is 18.3. The fourth-order valence-electron chi connectivity index (χ4n) is 3.90. The molecule has 0 bridgehead atoms. The number of carbonyl (C=O) groups excluding carboxylic acids is 2. The van der Waals surface area contributed by atoms with Crippen LogP contribution in [-0.4, -0.2) is 17.9 Å². The average molecular weight is 534 g/mol. The number of rotatable bonds is 8. The van der Waals surface area contributed by atoms with Crippen LogP contribution in [0.3, 0.4) is 0 Å². The van der Waals surface area contributed by atoms with Gasteiger partial charge in [-0.25, -0.2) is 8.78 Å². The van der Waals surface area contributed by atoms with Gasteiger partial charge in [0.05, 0.1) is 6.07 Å². The van der Waals surface area contributed by atoms with Crippen LogP contribution >= 0.6 is 11.6 Å². The van der Waals surface area contributed by atoms with E-state index in [1.807, 2.05) is 18.2 Å². The second-order valence-electron chi connectivity index (χ2n) is 8.51. The molecular formula is C29H22ClF2N3O3. The highest BCUT2D eigenvalue weighted by Crippen LogP contribution is 2.27. The lowest BCUT2D eigenvalue weighted by Gasteiger charge is -2.20. The van der Waals surface area contributed by atoms with E-state index in [-0.39, 0.29) is 16.9 Å². The van der Waals surface area contributed by atoms with E-state index in [1.165, 1.54) is 12.1 Å². The molecular weight excluding hydrogens is 512 g/mol. The van der Waals surface area contributed by atoms with E-state index in [0.29, 0.717) is 10.8 Å². The van der Waals surface area contributed by atoms with E-state index >= 15 is 0 Å². The summed E-state index contributed by atoms with van der Waals surface area (Å²) in [5.74, 6) is -2.45. The molecule has 192 valence electrons. The van der Waals surface area contributed by atoms with E-state index in [1.54, 1.807) is 49.4 Å². The van der Waals surface area contributed by atoms with E-state index in [0.717, 1.165) is 23.3 Å². The molecule has 9 heteroatoms. The molecule has 0 spiro atoms. The normalized spacial score (nSPS) is 12.3. The Bertz CT molecular complexity index is 1490. The number of furan rings is 1. The first kappa shape index (κ1) is 26.6. The fraction of sp³-hybridized carbons (Fsp3) is 0.138. The fourth-order valence-corrected chi connectivity index (χ4v) is 4.14. The number of halogens is 3. The zero-order valence-corrected chi connectivity index (χ0v) is 20.9. The smallest absolute Gasteiger partial charge is 0.251 e. The van der Waals surface area contributed by atoms with Crippen molar-refractivity contribution in [2.45, 2.75) is 25.4 Å². The van der Waals surface area contributed by atoms with Crippen LogP contribution in [0.2, 0.25) is 5.02 Å². The largest absolute Gasteiger partial charge is 0.463 e. The Labute approximate surface area is 222 Å². The third-order valence-corrected chi connectivity index (χ3v) is 6.21. The second-order valence-corrected chi connectivity index (χ2v) is 8.91. The summed E-state index contributed by atoms with van der Waals surface area (Å²) in [6.07, 6.45) is -0.483. The third kappa shape index (κ3) is 6.07. The van der Waals surface area contributed by atoms with Crippen molar-refractivity contribution in [2.24, 2.45) is 0 Å². The predicted molar refractivity (Wildman–Crippen MR) is 138 cm³/mol. The minimum absolute atomic E-state index is 0.190. The molecule has 0 aliphatic carbocycles. The molecule has 0 radical (unpaired) electrons. The van der Waals surface area contributed by atoms with Gasteiger partial charge in [-0.2, -0.15) is 5.26 Å². The minimum Gasteiger partial charge on any atom is -0.463 e. The van der Waals surface area contributed by atoms with Gasteiger partial charge < -0.3 is 15.1 Å². The maximum atomic E-state index is 14.4. The van der Waals surface area contributed by atoms with Crippen LogP contribution in [0.25, 0.3) is 11.1 Å². The molecule has 0 saturated carbocycles. The Balaban J connectivity index is 1.58. The average Bonchev–Trinajstić information content (AvgIpc) is 3.35. The first-order valence-electron chi connectivity index (χ1n) is 11.6. The summed E-state index contributed by atoms with van der Waals surface area (Å²) in [5, 5.41) is 15.1. The van der Waals surface area contributed by atoms with Gasteiger partial charge in [0.25, 0.3) is 5.91 Å². The Morgan fingerprint density at radius 1 is 0.947 bits per heavy atom. The number of nitrogens with zero attached hydrogens (tertiary/aromatic N) is 1. The van der Waals surface area contributed by atoms with Crippen molar-refractivity contribution in [1.29, 1.82) is 5.26 Å². The van der Waals surface area contributed by atoms with E-state index in [9.17, 15) is 23.6 Å². The van der Waals surface area contributed by atoms with Crippen LogP contribution in [0.1, 0.15) is 33.5 Å². The standard InChI is InChI=1S/C29H22ClF2N3O3/c1-17-9-14-27(38-17)26(16-33)35-29(37)25(15-21-23(31)7-4-8-24(21)32)34-28(36)19-12-10-18(11-13-19)20-5-2-3-6-22(20)30/h2-14,25-26H,15H2,1H3,(H,34,36)(H,35,37)/t25-,26?/m0/s1. The lowest BCUT2D eigenvalue weighted by Crippen LogP contribution is -2.49. The molecule has 1 heterocycles. The number of aryl methyl sites for hydroxylation is 1. The molecule has 2 atom stereocenters. The molecule has 4 aromatic rings. The summed E-state index contributed by atoms with van der Waals surface area (Å²) in [4.78, 5) is 26.3. The number of nitrogens with one attached hydrogen (secondary N) is 2. The molecule has 4 rings (SSSR count). The molecule has 0 aliphatic rings. The van der Waals surface area contributed by atoms with Gasteiger partial charge in [-0.3, -0.25) is 9.59 Å². The Morgan fingerprint density at radius 2 is 1.63 bits per heavy atom. The first-order valence-corrected chi connectivity index (χ1v) is 12.0. The van der Waals surface area contributed by atoms with Crippen molar-refractivity contribution in [3.63, 3.8) is 0 Å². The number of carbonyl (C=O) groups is 2. The molecule has 6 nitrogen and oxygen atoms in total. The number of hydrogen-bond donors (Lipinski definition) is 2. The summed E-state index contributed by atoms with van der Waals surface area (Å²) in [5.41, 5.74) is 1.40. The molecule has 3 aromatic carbocycles. The summed E-state index contributed by atoms with van der Waals surface area (Å²) in [7, 11) is 0. The van der Waals surface area contributed by atoms with Crippen molar-refractivity contribution in [2.75, 3.05) is 0 Å². The monoisotopic (exact) mass is 533 g/mol. The Kier molecular flexibility index (Phi) is 8.19. The summed E-state index contributed by atoms with van der Waals surface area (Å²) in [6.45, 7) is 1.68.